The minimum absolute atomic E-state index is 0.163. The van der Waals surface area contributed by atoms with Gasteiger partial charge in [0, 0.05) is 18.0 Å². The lowest BCUT2D eigenvalue weighted by Gasteiger charge is -2.08. The molecule has 0 atom stereocenters. The summed E-state index contributed by atoms with van der Waals surface area (Å²) in [6.45, 7) is 0.551. The molecular formula is C19H14FN3O5. The Balaban J connectivity index is 1.75. The lowest BCUT2D eigenvalue weighted by molar-refractivity contribution is -0.114. The van der Waals surface area contributed by atoms with Gasteiger partial charge in [-0.3, -0.25) is 14.4 Å². The minimum Gasteiger partial charge on any atom is -0.452 e. The van der Waals surface area contributed by atoms with Gasteiger partial charge in [0.25, 0.3) is 5.56 Å². The van der Waals surface area contributed by atoms with E-state index in [1.165, 1.54) is 31.2 Å². The molecule has 0 saturated heterocycles. The number of benzene rings is 2. The van der Waals surface area contributed by atoms with Crippen molar-refractivity contribution in [1.82, 2.24) is 10.2 Å². The SMILES string of the molecule is CC(=O)Nc1ccc(C(=O)COC(=O)c2n[nH]c(=O)c3ccccc23)c(F)c1. The maximum atomic E-state index is 14.1. The van der Waals surface area contributed by atoms with E-state index in [1.54, 1.807) is 12.1 Å². The van der Waals surface area contributed by atoms with E-state index in [2.05, 4.69) is 15.5 Å². The van der Waals surface area contributed by atoms with Crippen LogP contribution in [0.15, 0.2) is 47.3 Å². The highest BCUT2D eigenvalue weighted by atomic mass is 19.1. The van der Waals surface area contributed by atoms with Gasteiger partial charge < -0.3 is 10.1 Å². The van der Waals surface area contributed by atoms with E-state index >= 15 is 0 Å². The zero-order chi connectivity index (χ0) is 20.3. The van der Waals surface area contributed by atoms with Crippen molar-refractivity contribution < 1.29 is 23.5 Å². The van der Waals surface area contributed by atoms with E-state index in [0.717, 1.165) is 6.07 Å². The van der Waals surface area contributed by atoms with Crippen molar-refractivity contribution in [3.63, 3.8) is 0 Å². The molecular weight excluding hydrogens is 369 g/mol. The highest BCUT2D eigenvalue weighted by Crippen LogP contribution is 2.16. The van der Waals surface area contributed by atoms with Crippen LogP contribution in [-0.4, -0.2) is 34.5 Å². The number of Topliss-reactive ketones (excluding diaryl/α,β-unsaturated/α-hetero) is 1. The molecule has 0 bridgehead atoms. The highest BCUT2D eigenvalue weighted by Gasteiger charge is 2.19. The van der Waals surface area contributed by atoms with Gasteiger partial charge >= 0.3 is 5.97 Å². The van der Waals surface area contributed by atoms with Gasteiger partial charge in [-0.15, -0.1) is 0 Å². The molecule has 0 spiro atoms. The van der Waals surface area contributed by atoms with Gasteiger partial charge in [0.2, 0.25) is 11.7 Å². The van der Waals surface area contributed by atoms with Gasteiger partial charge in [-0.05, 0) is 24.3 Å². The van der Waals surface area contributed by atoms with Crippen LogP contribution in [0.2, 0.25) is 0 Å². The number of H-pyrrole nitrogens is 1. The van der Waals surface area contributed by atoms with Crippen LogP contribution >= 0.6 is 0 Å². The second-order valence-electron chi connectivity index (χ2n) is 5.82. The summed E-state index contributed by atoms with van der Waals surface area (Å²) in [7, 11) is 0. The van der Waals surface area contributed by atoms with E-state index in [4.69, 9.17) is 4.74 Å². The van der Waals surface area contributed by atoms with Crippen molar-refractivity contribution >= 4 is 34.1 Å². The van der Waals surface area contributed by atoms with Crippen molar-refractivity contribution in [3.05, 3.63) is 69.9 Å². The Bertz CT molecular complexity index is 1160. The van der Waals surface area contributed by atoms with E-state index in [-0.39, 0.29) is 33.6 Å². The fraction of sp³-hybridized carbons (Fsp3) is 0.105. The fourth-order valence-electron chi connectivity index (χ4n) is 2.57. The highest BCUT2D eigenvalue weighted by molar-refractivity contribution is 6.04. The van der Waals surface area contributed by atoms with Gasteiger partial charge in [0.1, 0.15) is 5.82 Å². The number of esters is 1. The molecule has 28 heavy (non-hydrogen) atoms. The van der Waals surface area contributed by atoms with Gasteiger partial charge in [-0.1, -0.05) is 18.2 Å². The average Bonchev–Trinajstić information content (AvgIpc) is 2.66. The van der Waals surface area contributed by atoms with Gasteiger partial charge in [-0.25, -0.2) is 14.3 Å². The zero-order valence-corrected chi connectivity index (χ0v) is 14.6. The zero-order valence-electron chi connectivity index (χ0n) is 14.6. The number of fused-ring (bicyclic) bond motifs is 1. The van der Waals surface area contributed by atoms with Crippen LogP contribution in [0.3, 0.4) is 0 Å². The molecule has 2 aromatic carbocycles. The summed E-state index contributed by atoms with van der Waals surface area (Å²) in [4.78, 5) is 47.2. The number of halogens is 1. The van der Waals surface area contributed by atoms with Crippen LogP contribution in [0, 0.1) is 5.82 Å². The number of ether oxygens (including phenoxy) is 1. The lowest BCUT2D eigenvalue weighted by Crippen LogP contribution is -2.19. The first-order valence-electron chi connectivity index (χ1n) is 8.11. The van der Waals surface area contributed by atoms with Gasteiger partial charge in [0.05, 0.1) is 10.9 Å². The number of ketones is 1. The van der Waals surface area contributed by atoms with Crippen molar-refractivity contribution in [2.75, 3.05) is 11.9 Å². The predicted molar refractivity (Wildman–Crippen MR) is 97.7 cm³/mol. The van der Waals surface area contributed by atoms with Crippen molar-refractivity contribution in [3.8, 4) is 0 Å². The summed E-state index contributed by atoms with van der Waals surface area (Å²) in [6, 6.07) is 9.83. The summed E-state index contributed by atoms with van der Waals surface area (Å²) in [6.07, 6.45) is 0. The smallest absolute Gasteiger partial charge is 0.359 e. The van der Waals surface area contributed by atoms with Crippen molar-refractivity contribution in [2.24, 2.45) is 0 Å². The molecule has 0 radical (unpaired) electrons. The number of carbonyl (C=O) groups excluding carboxylic acids is 3. The van der Waals surface area contributed by atoms with E-state index < -0.39 is 29.7 Å². The molecule has 0 aliphatic rings. The normalized spacial score (nSPS) is 10.5. The standard InChI is InChI=1S/C19H14FN3O5/c1-10(24)21-11-6-7-14(15(20)8-11)16(25)9-28-19(27)17-12-4-2-3-5-13(12)18(26)23-22-17/h2-8H,9H2,1H3,(H,21,24)(H,23,26). The molecule has 1 aromatic heterocycles. The average molecular weight is 383 g/mol. The number of nitrogens with one attached hydrogen (secondary N) is 2. The van der Waals surface area contributed by atoms with Crippen LogP contribution in [0.4, 0.5) is 10.1 Å². The predicted octanol–water partition coefficient (Wildman–Crippen LogP) is 2.06. The van der Waals surface area contributed by atoms with E-state index in [9.17, 15) is 23.6 Å². The molecule has 142 valence electrons. The van der Waals surface area contributed by atoms with Crippen LogP contribution in [0.5, 0.6) is 0 Å². The number of carbonyl (C=O) groups is 3. The Labute approximate surface area is 157 Å². The third-order valence-electron chi connectivity index (χ3n) is 3.81. The third-order valence-corrected chi connectivity index (χ3v) is 3.81. The summed E-state index contributed by atoms with van der Waals surface area (Å²) in [5, 5.41) is 8.77. The maximum Gasteiger partial charge on any atom is 0.359 e. The molecule has 3 aromatic rings. The molecule has 8 nitrogen and oxygen atoms in total. The van der Waals surface area contributed by atoms with E-state index in [0.29, 0.717) is 0 Å². The Kier molecular flexibility index (Phi) is 5.25. The topological polar surface area (TPSA) is 118 Å². The monoisotopic (exact) mass is 383 g/mol. The molecule has 0 saturated carbocycles. The first-order chi connectivity index (χ1) is 13.4. The van der Waals surface area contributed by atoms with E-state index in [1.807, 2.05) is 0 Å². The summed E-state index contributed by atoms with van der Waals surface area (Å²) >= 11 is 0. The van der Waals surface area contributed by atoms with Crippen molar-refractivity contribution in [1.29, 1.82) is 0 Å². The second kappa shape index (κ2) is 7.78. The van der Waals surface area contributed by atoms with Crippen molar-refractivity contribution in [2.45, 2.75) is 6.92 Å². The third kappa shape index (κ3) is 3.93. The first kappa shape index (κ1) is 18.9. The number of anilines is 1. The number of hydrogen-bond donors (Lipinski definition) is 2. The van der Waals surface area contributed by atoms with Gasteiger partial charge in [-0.2, -0.15) is 5.10 Å². The summed E-state index contributed by atoms with van der Waals surface area (Å²) in [5.41, 5.74) is -0.724. The van der Waals surface area contributed by atoms with Crippen LogP contribution in [0.1, 0.15) is 27.8 Å². The molecule has 3 rings (SSSR count). The Morgan fingerprint density at radius 2 is 1.86 bits per heavy atom. The largest absolute Gasteiger partial charge is 0.452 e. The van der Waals surface area contributed by atoms with Gasteiger partial charge in [0.15, 0.2) is 12.3 Å². The summed E-state index contributed by atoms with van der Waals surface area (Å²) in [5.74, 6) is -2.95. The lowest BCUT2D eigenvalue weighted by atomic mass is 10.1. The Hall–Kier alpha value is -3.88. The molecule has 0 fully saturated rings. The maximum absolute atomic E-state index is 14.1. The van der Waals surface area contributed by atoms with Crippen LogP contribution < -0.4 is 10.9 Å². The molecule has 0 aliphatic carbocycles. The Morgan fingerprint density at radius 3 is 2.54 bits per heavy atom. The fourth-order valence-corrected chi connectivity index (χ4v) is 2.57. The number of rotatable bonds is 5. The number of aromatic amines is 1. The first-order valence-corrected chi connectivity index (χ1v) is 8.11. The quantitative estimate of drug-likeness (QED) is 0.514. The molecule has 1 heterocycles. The molecule has 0 unspecified atom stereocenters. The number of nitrogens with zero attached hydrogens (tertiary/aromatic N) is 1. The van der Waals surface area contributed by atoms with Crippen LogP contribution in [-0.2, 0) is 9.53 Å². The second-order valence-corrected chi connectivity index (χ2v) is 5.82. The Morgan fingerprint density at radius 1 is 1.14 bits per heavy atom. The summed E-state index contributed by atoms with van der Waals surface area (Å²) < 4.78 is 19.0. The molecule has 9 heteroatoms. The molecule has 2 N–H and O–H groups in total. The van der Waals surface area contributed by atoms with Crippen LogP contribution in [0.25, 0.3) is 10.8 Å². The minimum atomic E-state index is -0.934. The number of aromatic nitrogens is 2. The number of amides is 1. The number of hydrogen-bond acceptors (Lipinski definition) is 6. The molecule has 0 aliphatic heterocycles. The molecule has 1 amide bonds.